The van der Waals surface area contributed by atoms with Crippen molar-refractivity contribution in [2.75, 3.05) is 27.3 Å². The van der Waals surface area contributed by atoms with Crippen LogP contribution in [0, 0.1) is 0 Å². The van der Waals surface area contributed by atoms with Crippen LogP contribution in [0.2, 0.25) is 0 Å². The zero-order valence-electron chi connectivity index (χ0n) is 16.0. The minimum absolute atomic E-state index is 0.139. The molecule has 0 aliphatic rings. The van der Waals surface area contributed by atoms with Crippen LogP contribution < -0.4 is 5.32 Å². The molecule has 0 saturated heterocycles. The van der Waals surface area contributed by atoms with Crippen LogP contribution in [-0.4, -0.2) is 57.6 Å². The van der Waals surface area contributed by atoms with E-state index in [1.807, 2.05) is 23.6 Å². The molecule has 0 fully saturated rings. The minimum Gasteiger partial charge on any atom is -0.383 e. The number of amides is 2. The van der Waals surface area contributed by atoms with E-state index in [1.165, 1.54) is 10.9 Å². The zero-order chi connectivity index (χ0) is 19.2. The maximum Gasteiger partial charge on any atom is 0.317 e. The van der Waals surface area contributed by atoms with E-state index in [0.29, 0.717) is 25.5 Å². The van der Waals surface area contributed by atoms with Gasteiger partial charge in [0.2, 0.25) is 0 Å². The highest BCUT2D eigenvalue weighted by atomic mass is 16.5. The summed E-state index contributed by atoms with van der Waals surface area (Å²) in [5.74, 6) is 0.713. The summed E-state index contributed by atoms with van der Waals surface area (Å²) < 4.78 is 9.14. The highest BCUT2D eigenvalue weighted by molar-refractivity contribution is 5.80. The number of methoxy groups -OCH3 is 1. The number of carbonyl (C=O) groups is 1. The summed E-state index contributed by atoms with van der Waals surface area (Å²) in [6.45, 7) is 4.45. The van der Waals surface area contributed by atoms with Gasteiger partial charge >= 0.3 is 6.03 Å². The van der Waals surface area contributed by atoms with Gasteiger partial charge in [-0.3, -0.25) is 0 Å². The third-order valence-corrected chi connectivity index (χ3v) is 4.61. The van der Waals surface area contributed by atoms with Crippen LogP contribution in [0.1, 0.15) is 18.8 Å². The van der Waals surface area contributed by atoms with Crippen molar-refractivity contribution in [3.05, 3.63) is 48.7 Å². The molecule has 1 atom stereocenters. The first kappa shape index (κ1) is 18.9. The lowest BCUT2D eigenvalue weighted by Crippen LogP contribution is -2.40. The molecule has 8 nitrogen and oxygen atoms in total. The van der Waals surface area contributed by atoms with Gasteiger partial charge in [-0.15, -0.1) is 10.2 Å². The van der Waals surface area contributed by atoms with Gasteiger partial charge in [-0.05, 0) is 24.4 Å². The van der Waals surface area contributed by atoms with Crippen molar-refractivity contribution in [2.45, 2.75) is 26.1 Å². The van der Waals surface area contributed by atoms with Crippen LogP contribution in [0.4, 0.5) is 4.79 Å². The maximum atomic E-state index is 12.5. The van der Waals surface area contributed by atoms with Crippen molar-refractivity contribution in [1.29, 1.82) is 0 Å². The van der Waals surface area contributed by atoms with E-state index in [1.54, 1.807) is 25.4 Å². The molecule has 0 radical (unpaired) electrons. The normalized spacial score (nSPS) is 12.3. The first-order valence-electron chi connectivity index (χ1n) is 9.02. The third kappa shape index (κ3) is 4.46. The van der Waals surface area contributed by atoms with Crippen LogP contribution in [-0.2, 0) is 17.8 Å². The molecular formula is C19H26N6O2. The third-order valence-electron chi connectivity index (χ3n) is 4.61. The molecule has 0 unspecified atom stereocenters. The van der Waals surface area contributed by atoms with Crippen LogP contribution in [0.25, 0.3) is 10.9 Å². The summed E-state index contributed by atoms with van der Waals surface area (Å²) in [4.78, 5) is 14.2. The van der Waals surface area contributed by atoms with Gasteiger partial charge in [-0.2, -0.15) is 0 Å². The Labute approximate surface area is 158 Å². The Morgan fingerprint density at radius 3 is 2.89 bits per heavy atom. The van der Waals surface area contributed by atoms with E-state index in [9.17, 15) is 4.79 Å². The monoisotopic (exact) mass is 370 g/mol. The molecule has 1 N–H and O–H groups in total. The number of hydrogen-bond donors (Lipinski definition) is 1. The van der Waals surface area contributed by atoms with E-state index in [2.05, 4.69) is 44.5 Å². The number of ether oxygens (including phenoxy) is 1. The standard InChI is InChI=1S/C19H26N6O2/c1-15(18-22-20-14-25(18)12-13-27-3)21-19(26)23(2)10-11-24-9-8-16-6-4-5-7-17(16)24/h4-9,14-15H,10-13H2,1-3H3,(H,21,26)/t15-/m0/s1. The fourth-order valence-corrected chi connectivity index (χ4v) is 3.02. The number of benzene rings is 1. The summed E-state index contributed by atoms with van der Waals surface area (Å²) in [5, 5.41) is 12.2. The van der Waals surface area contributed by atoms with E-state index in [-0.39, 0.29) is 12.1 Å². The molecule has 3 rings (SSSR count). The predicted octanol–water partition coefficient (Wildman–Crippen LogP) is 2.28. The molecule has 2 aromatic heterocycles. The second-order valence-corrected chi connectivity index (χ2v) is 6.54. The van der Waals surface area contributed by atoms with Crippen molar-refractivity contribution in [3.8, 4) is 0 Å². The molecule has 27 heavy (non-hydrogen) atoms. The van der Waals surface area contributed by atoms with Gasteiger partial charge in [0.25, 0.3) is 0 Å². The fraction of sp³-hybridized carbons (Fsp3) is 0.421. The summed E-state index contributed by atoms with van der Waals surface area (Å²) in [6, 6.07) is 9.93. The van der Waals surface area contributed by atoms with E-state index < -0.39 is 0 Å². The Balaban J connectivity index is 1.55. The number of fused-ring (bicyclic) bond motifs is 1. The summed E-state index contributed by atoms with van der Waals surface area (Å²) >= 11 is 0. The largest absolute Gasteiger partial charge is 0.383 e. The molecule has 3 aromatic rings. The molecule has 0 aliphatic carbocycles. The Morgan fingerprint density at radius 1 is 1.26 bits per heavy atom. The Kier molecular flexibility index (Phi) is 6.08. The lowest BCUT2D eigenvalue weighted by atomic mass is 10.2. The molecule has 8 heteroatoms. The van der Waals surface area contributed by atoms with Crippen molar-refractivity contribution in [3.63, 3.8) is 0 Å². The minimum atomic E-state index is -0.244. The number of para-hydroxylation sites is 1. The van der Waals surface area contributed by atoms with Crippen LogP contribution in [0.5, 0.6) is 0 Å². The Bertz CT molecular complexity index is 887. The maximum absolute atomic E-state index is 12.5. The fourth-order valence-electron chi connectivity index (χ4n) is 3.02. The second kappa shape index (κ2) is 8.68. The zero-order valence-corrected chi connectivity index (χ0v) is 16.0. The van der Waals surface area contributed by atoms with Gasteiger partial charge in [-0.1, -0.05) is 18.2 Å². The average molecular weight is 370 g/mol. The Morgan fingerprint density at radius 2 is 2.07 bits per heavy atom. The predicted molar refractivity (Wildman–Crippen MR) is 103 cm³/mol. The van der Waals surface area contributed by atoms with Gasteiger partial charge in [0.15, 0.2) is 5.82 Å². The molecule has 2 amide bonds. The molecule has 1 aromatic carbocycles. The molecule has 144 valence electrons. The second-order valence-electron chi connectivity index (χ2n) is 6.54. The van der Waals surface area contributed by atoms with E-state index in [4.69, 9.17) is 4.74 Å². The van der Waals surface area contributed by atoms with E-state index >= 15 is 0 Å². The number of hydrogen-bond acceptors (Lipinski definition) is 4. The van der Waals surface area contributed by atoms with E-state index in [0.717, 1.165) is 6.54 Å². The highest BCUT2D eigenvalue weighted by Gasteiger charge is 2.18. The van der Waals surface area contributed by atoms with Crippen LogP contribution in [0.15, 0.2) is 42.9 Å². The lowest BCUT2D eigenvalue weighted by molar-refractivity contribution is 0.185. The van der Waals surface area contributed by atoms with Gasteiger partial charge in [0.1, 0.15) is 6.33 Å². The lowest BCUT2D eigenvalue weighted by Gasteiger charge is -2.21. The summed E-state index contributed by atoms with van der Waals surface area (Å²) in [5.41, 5.74) is 1.17. The first-order valence-corrected chi connectivity index (χ1v) is 9.02. The molecule has 0 aliphatic heterocycles. The first-order chi connectivity index (χ1) is 13.1. The molecule has 0 bridgehead atoms. The average Bonchev–Trinajstić information content (AvgIpc) is 3.31. The van der Waals surface area contributed by atoms with Crippen molar-refractivity contribution >= 4 is 16.9 Å². The van der Waals surface area contributed by atoms with Gasteiger partial charge in [0, 0.05) is 45.5 Å². The van der Waals surface area contributed by atoms with Crippen LogP contribution in [0.3, 0.4) is 0 Å². The van der Waals surface area contributed by atoms with Crippen LogP contribution >= 0.6 is 0 Å². The number of carbonyl (C=O) groups excluding carboxylic acids is 1. The molecule has 2 heterocycles. The molecular weight excluding hydrogens is 344 g/mol. The number of nitrogens with one attached hydrogen (secondary N) is 1. The van der Waals surface area contributed by atoms with Crippen molar-refractivity contribution in [1.82, 2.24) is 29.5 Å². The summed E-state index contributed by atoms with van der Waals surface area (Å²) in [6.07, 6.45) is 3.70. The quantitative estimate of drug-likeness (QED) is 0.660. The van der Waals surface area contributed by atoms with Gasteiger partial charge in [-0.25, -0.2) is 4.79 Å². The SMILES string of the molecule is COCCn1cnnc1[C@H](C)NC(=O)N(C)CCn1ccc2ccccc21. The van der Waals surface area contributed by atoms with Crippen molar-refractivity contribution < 1.29 is 9.53 Å². The smallest absolute Gasteiger partial charge is 0.317 e. The van der Waals surface area contributed by atoms with Gasteiger partial charge < -0.3 is 24.1 Å². The van der Waals surface area contributed by atoms with Gasteiger partial charge in [0.05, 0.1) is 12.6 Å². The number of urea groups is 1. The molecule has 0 saturated carbocycles. The van der Waals surface area contributed by atoms with Crippen molar-refractivity contribution in [2.24, 2.45) is 0 Å². The topological polar surface area (TPSA) is 77.2 Å². The number of aromatic nitrogens is 4. The highest BCUT2D eigenvalue weighted by Crippen LogP contribution is 2.15. The number of nitrogens with zero attached hydrogens (tertiary/aromatic N) is 5. The summed E-state index contributed by atoms with van der Waals surface area (Å²) in [7, 11) is 3.45. The number of likely N-dealkylation sites (N-methyl/N-ethyl adjacent to an activating group) is 1. The molecule has 0 spiro atoms. The number of rotatable bonds is 8. The Hall–Kier alpha value is -2.87.